The minimum atomic E-state index is -0.859. The standard InChI is InChI=1S/C28H30N2O5/c1-20(2)26(30-28(33)35-25-11-7-4-8-12-25)27(32)29-23(18-31)17-21-13-15-24(16-14-21)34-19-22-9-5-3-6-10-22/h3-16,18,20,23,26H,17,19H2,1-2H3,(H,29,32)(H,30,33)/t23?,26-/m0/s1. The van der Waals surface area contributed by atoms with Gasteiger partial charge in [0.2, 0.25) is 5.91 Å². The Labute approximate surface area is 205 Å². The molecule has 0 bridgehead atoms. The van der Waals surface area contributed by atoms with Gasteiger partial charge >= 0.3 is 6.09 Å². The highest BCUT2D eigenvalue weighted by atomic mass is 16.6. The molecular formula is C28H30N2O5. The first-order valence-electron chi connectivity index (χ1n) is 11.5. The van der Waals surface area contributed by atoms with Crippen molar-refractivity contribution in [2.75, 3.05) is 0 Å². The molecule has 7 heteroatoms. The van der Waals surface area contributed by atoms with Gasteiger partial charge in [0.25, 0.3) is 0 Å². The van der Waals surface area contributed by atoms with E-state index in [1.807, 2.05) is 54.6 Å². The molecule has 0 spiro atoms. The molecule has 7 nitrogen and oxygen atoms in total. The summed E-state index contributed by atoms with van der Waals surface area (Å²) >= 11 is 0. The first-order chi connectivity index (χ1) is 16.9. The summed E-state index contributed by atoms with van der Waals surface area (Å²) in [6.07, 6.45) is 0.268. The number of aldehydes is 1. The van der Waals surface area contributed by atoms with Gasteiger partial charge in [-0.2, -0.15) is 0 Å². The van der Waals surface area contributed by atoms with Gasteiger partial charge in [0.15, 0.2) is 0 Å². The normalized spacial score (nSPS) is 12.3. The topological polar surface area (TPSA) is 93.7 Å². The van der Waals surface area contributed by atoms with E-state index in [2.05, 4.69) is 10.6 Å². The molecule has 3 aromatic rings. The second-order valence-electron chi connectivity index (χ2n) is 8.44. The molecule has 0 aliphatic heterocycles. The van der Waals surface area contributed by atoms with E-state index in [0.29, 0.717) is 30.8 Å². The van der Waals surface area contributed by atoms with E-state index in [9.17, 15) is 14.4 Å². The predicted molar refractivity (Wildman–Crippen MR) is 133 cm³/mol. The van der Waals surface area contributed by atoms with Gasteiger partial charge in [-0.05, 0) is 47.7 Å². The lowest BCUT2D eigenvalue weighted by molar-refractivity contribution is -0.126. The van der Waals surface area contributed by atoms with Crippen LogP contribution < -0.4 is 20.1 Å². The van der Waals surface area contributed by atoms with Crippen molar-refractivity contribution in [3.8, 4) is 11.5 Å². The van der Waals surface area contributed by atoms with Gasteiger partial charge in [-0.3, -0.25) is 4.79 Å². The van der Waals surface area contributed by atoms with Gasteiger partial charge in [0, 0.05) is 0 Å². The predicted octanol–water partition coefficient (Wildman–Crippen LogP) is 4.31. The first-order valence-corrected chi connectivity index (χ1v) is 11.5. The van der Waals surface area contributed by atoms with Crippen LogP contribution in [0.4, 0.5) is 4.79 Å². The first kappa shape index (κ1) is 25.5. The maximum absolute atomic E-state index is 12.8. The molecule has 2 amide bonds. The highest BCUT2D eigenvalue weighted by Crippen LogP contribution is 2.16. The smallest absolute Gasteiger partial charge is 0.413 e. The van der Waals surface area contributed by atoms with Crippen LogP contribution in [0.25, 0.3) is 0 Å². The minimum Gasteiger partial charge on any atom is -0.489 e. The largest absolute Gasteiger partial charge is 0.489 e. The fraction of sp³-hybridized carbons (Fsp3) is 0.250. The summed E-state index contributed by atoms with van der Waals surface area (Å²) in [5.74, 6) is 0.414. The van der Waals surface area contributed by atoms with Gasteiger partial charge in [-0.15, -0.1) is 0 Å². The average molecular weight is 475 g/mol. The van der Waals surface area contributed by atoms with Crippen molar-refractivity contribution in [2.24, 2.45) is 5.92 Å². The second kappa shape index (κ2) is 12.9. The molecule has 0 saturated heterocycles. The van der Waals surface area contributed by atoms with Gasteiger partial charge in [-0.25, -0.2) is 4.79 Å². The van der Waals surface area contributed by atoms with Crippen LogP contribution in [-0.2, 0) is 22.6 Å². The third kappa shape index (κ3) is 8.30. The van der Waals surface area contributed by atoms with Crippen molar-refractivity contribution in [3.05, 3.63) is 96.1 Å². The highest BCUT2D eigenvalue weighted by molar-refractivity contribution is 5.88. The van der Waals surface area contributed by atoms with Crippen LogP contribution in [0, 0.1) is 5.92 Å². The van der Waals surface area contributed by atoms with Crippen LogP contribution in [-0.4, -0.2) is 30.4 Å². The molecule has 2 atom stereocenters. The second-order valence-corrected chi connectivity index (χ2v) is 8.44. The number of rotatable bonds is 11. The Hall–Kier alpha value is -4.13. The number of hydrogen-bond acceptors (Lipinski definition) is 5. The van der Waals surface area contributed by atoms with E-state index in [1.54, 1.807) is 44.2 Å². The van der Waals surface area contributed by atoms with E-state index in [4.69, 9.17) is 9.47 Å². The Balaban J connectivity index is 1.53. The van der Waals surface area contributed by atoms with Crippen molar-refractivity contribution < 1.29 is 23.9 Å². The lowest BCUT2D eigenvalue weighted by atomic mass is 10.0. The van der Waals surface area contributed by atoms with Crippen molar-refractivity contribution in [1.82, 2.24) is 10.6 Å². The summed E-state index contributed by atoms with van der Waals surface area (Å²) in [4.78, 5) is 36.8. The fourth-order valence-corrected chi connectivity index (χ4v) is 3.41. The molecule has 35 heavy (non-hydrogen) atoms. The Bertz CT molecular complexity index is 1090. The monoisotopic (exact) mass is 474 g/mol. The fourth-order valence-electron chi connectivity index (χ4n) is 3.41. The van der Waals surface area contributed by atoms with Crippen LogP contribution in [0.2, 0.25) is 0 Å². The molecule has 182 valence electrons. The average Bonchev–Trinajstić information content (AvgIpc) is 2.87. The van der Waals surface area contributed by atoms with Gasteiger partial charge in [-0.1, -0.05) is 74.5 Å². The molecule has 0 radical (unpaired) electrons. The number of benzene rings is 3. The Morgan fingerprint density at radius 3 is 2.03 bits per heavy atom. The molecule has 0 saturated carbocycles. The van der Waals surface area contributed by atoms with E-state index >= 15 is 0 Å². The highest BCUT2D eigenvalue weighted by Gasteiger charge is 2.27. The molecule has 3 rings (SSSR count). The molecular weight excluding hydrogens is 444 g/mol. The SMILES string of the molecule is CC(C)[C@H](NC(=O)Oc1ccccc1)C(=O)NC(C=O)Cc1ccc(OCc2ccccc2)cc1. The van der Waals surface area contributed by atoms with Crippen LogP contribution >= 0.6 is 0 Å². The molecule has 2 N–H and O–H groups in total. The summed E-state index contributed by atoms with van der Waals surface area (Å²) in [7, 11) is 0. The van der Waals surface area contributed by atoms with Gasteiger partial charge in [0.05, 0.1) is 6.04 Å². The zero-order chi connectivity index (χ0) is 25.0. The number of nitrogens with one attached hydrogen (secondary N) is 2. The molecule has 1 unspecified atom stereocenters. The van der Waals surface area contributed by atoms with Crippen LogP contribution in [0.3, 0.4) is 0 Å². The zero-order valence-electron chi connectivity index (χ0n) is 19.8. The summed E-state index contributed by atoms with van der Waals surface area (Å²) in [5, 5.41) is 5.31. The summed E-state index contributed by atoms with van der Waals surface area (Å²) in [5.41, 5.74) is 1.94. The Morgan fingerprint density at radius 1 is 0.800 bits per heavy atom. The lowest BCUT2D eigenvalue weighted by Crippen LogP contribution is -2.53. The number of carbonyl (C=O) groups is 3. The van der Waals surface area contributed by atoms with Crippen LogP contribution in [0.15, 0.2) is 84.9 Å². The number of para-hydroxylation sites is 1. The maximum Gasteiger partial charge on any atom is 0.413 e. The maximum atomic E-state index is 12.8. The van der Waals surface area contributed by atoms with Crippen molar-refractivity contribution >= 4 is 18.3 Å². The van der Waals surface area contributed by atoms with Crippen molar-refractivity contribution in [3.63, 3.8) is 0 Å². The Kier molecular flexibility index (Phi) is 9.42. The molecule has 0 aromatic heterocycles. The number of hydrogen-bond donors (Lipinski definition) is 2. The quantitative estimate of drug-likeness (QED) is 0.404. The van der Waals surface area contributed by atoms with Crippen molar-refractivity contribution in [1.29, 1.82) is 0 Å². The van der Waals surface area contributed by atoms with Gasteiger partial charge in [0.1, 0.15) is 30.4 Å². The third-order valence-electron chi connectivity index (χ3n) is 5.30. The number of ether oxygens (including phenoxy) is 2. The van der Waals surface area contributed by atoms with Crippen LogP contribution in [0.1, 0.15) is 25.0 Å². The lowest BCUT2D eigenvalue weighted by Gasteiger charge is -2.23. The molecule has 0 heterocycles. The number of amides is 2. The van der Waals surface area contributed by atoms with E-state index < -0.39 is 24.1 Å². The van der Waals surface area contributed by atoms with Crippen molar-refractivity contribution in [2.45, 2.75) is 39.0 Å². The molecule has 0 fully saturated rings. The minimum absolute atomic E-state index is 0.216. The summed E-state index contributed by atoms with van der Waals surface area (Å²) in [6.45, 7) is 4.07. The molecule has 3 aromatic carbocycles. The summed E-state index contributed by atoms with van der Waals surface area (Å²) < 4.78 is 11.0. The van der Waals surface area contributed by atoms with Crippen LogP contribution in [0.5, 0.6) is 11.5 Å². The van der Waals surface area contributed by atoms with E-state index in [-0.39, 0.29) is 5.92 Å². The zero-order valence-corrected chi connectivity index (χ0v) is 19.8. The third-order valence-corrected chi connectivity index (χ3v) is 5.30. The van der Waals surface area contributed by atoms with E-state index in [0.717, 1.165) is 11.1 Å². The summed E-state index contributed by atoms with van der Waals surface area (Å²) in [6, 6.07) is 24.2. The molecule has 0 aliphatic rings. The number of carbonyl (C=O) groups excluding carboxylic acids is 3. The van der Waals surface area contributed by atoms with Gasteiger partial charge < -0.3 is 24.9 Å². The Morgan fingerprint density at radius 2 is 1.43 bits per heavy atom. The molecule has 0 aliphatic carbocycles. The van der Waals surface area contributed by atoms with E-state index in [1.165, 1.54) is 0 Å².